The van der Waals surface area contributed by atoms with Crippen LogP contribution in [0, 0.1) is 6.92 Å². The molecular weight excluding hydrogens is 466 g/mol. The lowest BCUT2D eigenvalue weighted by Gasteiger charge is -2.44. The van der Waals surface area contributed by atoms with Crippen molar-refractivity contribution >= 4 is 22.9 Å². The molecule has 0 saturated carbocycles. The SMILES string of the molecule is Cc1nccnc1-c1cn(-c2ccccc2)c2ncnc(N3C[C@@H](C)N(C(=O)OC(C)(C)C)C[C@@H]3C)c12. The molecule has 1 saturated heterocycles. The highest BCUT2D eigenvalue weighted by molar-refractivity contribution is 6.02. The lowest BCUT2D eigenvalue weighted by molar-refractivity contribution is 0.0130. The van der Waals surface area contributed by atoms with Crippen LogP contribution in [0.15, 0.2) is 55.2 Å². The van der Waals surface area contributed by atoms with E-state index in [4.69, 9.17) is 14.7 Å². The van der Waals surface area contributed by atoms with Gasteiger partial charge in [0.15, 0.2) is 5.65 Å². The highest BCUT2D eigenvalue weighted by atomic mass is 16.6. The molecule has 0 unspecified atom stereocenters. The fourth-order valence-corrected chi connectivity index (χ4v) is 4.90. The van der Waals surface area contributed by atoms with Crippen LogP contribution in [-0.2, 0) is 4.74 Å². The molecule has 0 N–H and O–H groups in total. The topological polar surface area (TPSA) is 89.3 Å². The molecule has 2 atom stereocenters. The van der Waals surface area contributed by atoms with Crippen LogP contribution in [0.3, 0.4) is 0 Å². The number of benzene rings is 1. The Morgan fingerprint density at radius 2 is 1.70 bits per heavy atom. The summed E-state index contributed by atoms with van der Waals surface area (Å²) >= 11 is 0. The summed E-state index contributed by atoms with van der Waals surface area (Å²) in [4.78, 5) is 35.6. The predicted molar refractivity (Wildman–Crippen MR) is 144 cm³/mol. The Kier molecular flexibility index (Phi) is 6.31. The van der Waals surface area contributed by atoms with E-state index in [2.05, 4.69) is 44.7 Å². The summed E-state index contributed by atoms with van der Waals surface area (Å²) in [5.41, 5.74) is 3.81. The Morgan fingerprint density at radius 1 is 0.973 bits per heavy atom. The second-order valence-corrected chi connectivity index (χ2v) is 10.6. The van der Waals surface area contributed by atoms with Crippen molar-refractivity contribution in [1.29, 1.82) is 0 Å². The van der Waals surface area contributed by atoms with Crippen molar-refractivity contribution in [3.05, 3.63) is 60.9 Å². The summed E-state index contributed by atoms with van der Waals surface area (Å²) in [5, 5.41) is 0.916. The van der Waals surface area contributed by atoms with Gasteiger partial charge < -0.3 is 19.1 Å². The van der Waals surface area contributed by atoms with E-state index in [9.17, 15) is 4.79 Å². The quantitative estimate of drug-likeness (QED) is 0.391. The monoisotopic (exact) mass is 499 g/mol. The molecule has 192 valence electrons. The summed E-state index contributed by atoms with van der Waals surface area (Å²) < 4.78 is 7.75. The van der Waals surface area contributed by atoms with E-state index in [-0.39, 0.29) is 18.2 Å². The summed E-state index contributed by atoms with van der Waals surface area (Å²) in [6.07, 6.45) is 6.81. The third-order valence-corrected chi connectivity index (χ3v) is 6.62. The minimum atomic E-state index is -0.542. The molecule has 4 heterocycles. The molecule has 1 aromatic carbocycles. The van der Waals surface area contributed by atoms with Crippen LogP contribution in [0.4, 0.5) is 10.6 Å². The van der Waals surface area contributed by atoms with E-state index < -0.39 is 5.60 Å². The molecular formula is C28H33N7O2. The number of carbonyl (C=O) groups is 1. The zero-order valence-corrected chi connectivity index (χ0v) is 22.2. The smallest absolute Gasteiger partial charge is 0.410 e. The molecule has 9 heteroatoms. The third kappa shape index (κ3) is 4.73. The van der Waals surface area contributed by atoms with Gasteiger partial charge in [0.05, 0.1) is 16.8 Å². The largest absolute Gasteiger partial charge is 0.444 e. The first-order chi connectivity index (χ1) is 17.6. The van der Waals surface area contributed by atoms with E-state index in [0.717, 1.165) is 39.5 Å². The van der Waals surface area contributed by atoms with Gasteiger partial charge in [-0.2, -0.15) is 0 Å². The maximum atomic E-state index is 12.9. The Morgan fingerprint density at radius 3 is 2.41 bits per heavy atom. The highest BCUT2D eigenvalue weighted by Crippen LogP contribution is 2.38. The zero-order chi connectivity index (χ0) is 26.3. The minimum Gasteiger partial charge on any atom is -0.444 e. The van der Waals surface area contributed by atoms with Crippen molar-refractivity contribution in [1.82, 2.24) is 29.4 Å². The number of anilines is 1. The van der Waals surface area contributed by atoms with Crippen LogP contribution in [-0.4, -0.2) is 66.3 Å². The number of amides is 1. The molecule has 1 aliphatic rings. The summed E-state index contributed by atoms with van der Waals surface area (Å²) in [6, 6.07) is 10.1. The van der Waals surface area contributed by atoms with E-state index in [0.29, 0.717) is 13.1 Å². The fourth-order valence-electron chi connectivity index (χ4n) is 4.90. The van der Waals surface area contributed by atoms with Gasteiger partial charge >= 0.3 is 6.09 Å². The Labute approximate surface area is 217 Å². The number of ether oxygens (including phenoxy) is 1. The first-order valence-corrected chi connectivity index (χ1v) is 12.6. The van der Waals surface area contributed by atoms with Gasteiger partial charge in [-0.05, 0) is 53.7 Å². The van der Waals surface area contributed by atoms with Gasteiger partial charge in [0.1, 0.15) is 17.7 Å². The molecule has 1 aliphatic heterocycles. The van der Waals surface area contributed by atoms with E-state index >= 15 is 0 Å². The zero-order valence-electron chi connectivity index (χ0n) is 22.2. The number of nitrogens with zero attached hydrogens (tertiary/aromatic N) is 7. The maximum Gasteiger partial charge on any atom is 0.410 e. The van der Waals surface area contributed by atoms with Gasteiger partial charge in [-0.1, -0.05) is 18.2 Å². The highest BCUT2D eigenvalue weighted by Gasteiger charge is 2.36. The lowest BCUT2D eigenvalue weighted by atomic mass is 10.1. The normalized spacial score (nSPS) is 18.3. The van der Waals surface area contributed by atoms with Crippen LogP contribution in [0.25, 0.3) is 28.0 Å². The molecule has 0 radical (unpaired) electrons. The second kappa shape index (κ2) is 9.46. The molecule has 5 rings (SSSR count). The fraction of sp³-hybridized carbons (Fsp3) is 0.393. The van der Waals surface area contributed by atoms with Crippen molar-refractivity contribution in [3.63, 3.8) is 0 Å². The maximum absolute atomic E-state index is 12.9. The predicted octanol–water partition coefficient (Wildman–Crippen LogP) is 5.02. The van der Waals surface area contributed by atoms with Crippen molar-refractivity contribution < 1.29 is 9.53 Å². The Bertz CT molecular complexity index is 1430. The number of hydrogen-bond acceptors (Lipinski definition) is 7. The van der Waals surface area contributed by atoms with Crippen molar-refractivity contribution in [3.8, 4) is 16.9 Å². The average molecular weight is 500 g/mol. The standard InChI is InChI=1S/C28H33N7O2/c1-18-15-34(27(36)37-28(4,5)6)19(2)14-33(18)25-23-22(24-20(3)29-12-13-30-24)16-35(26(23)32-17-31-25)21-10-8-7-9-11-21/h7-13,16-19H,14-15H2,1-6H3/t18-,19+/m0/s1. The third-order valence-electron chi connectivity index (χ3n) is 6.62. The molecule has 3 aromatic heterocycles. The van der Waals surface area contributed by atoms with E-state index in [1.807, 2.05) is 57.7 Å². The van der Waals surface area contributed by atoms with Gasteiger partial charge in [-0.25, -0.2) is 14.8 Å². The van der Waals surface area contributed by atoms with Gasteiger partial charge in [-0.3, -0.25) is 9.97 Å². The Hall–Kier alpha value is -4.01. The van der Waals surface area contributed by atoms with Gasteiger partial charge in [0.25, 0.3) is 0 Å². The van der Waals surface area contributed by atoms with Gasteiger partial charge in [-0.15, -0.1) is 0 Å². The molecule has 1 amide bonds. The summed E-state index contributed by atoms with van der Waals surface area (Å²) in [6.45, 7) is 12.9. The van der Waals surface area contributed by atoms with Crippen LogP contribution in [0.2, 0.25) is 0 Å². The molecule has 0 bridgehead atoms. The minimum absolute atomic E-state index is 0.0118. The number of hydrogen-bond donors (Lipinski definition) is 0. The van der Waals surface area contributed by atoms with Crippen LogP contribution < -0.4 is 4.90 Å². The van der Waals surface area contributed by atoms with Crippen LogP contribution in [0.5, 0.6) is 0 Å². The number of carbonyl (C=O) groups excluding carboxylic acids is 1. The van der Waals surface area contributed by atoms with Crippen LogP contribution >= 0.6 is 0 Å². The molecule has 4 aromatic rings. The molecule has 1 fully saturated rings. The average Bonchev–Trinajstić information content (AvgIpc) is 3.25. The van der Waals surface area contributed by atoms with Gasteiger partial charge in [0.2, 0.25) is 0 Å². The summed E-state index contributed by atoms with van der Waals surface area (Å²) in [5.74, 6) is 0.822. The number of aromatic nitrogens is 5. The van der Waals surface area contributed by atoms with Crippen molar-refractivity contribution in [2.45, 2.75) is 59.2 Å². The number of rotatable bonds is 3. The summed E-state index contributed by atoms with van der Waals surface area (Å²) in [7, 11) is 0. The lowest BCUT2D eigenvalue weighted by Crippen LogP contribution is -2.59. The number of para-hydroxylation sites is 1. The van der Waals surface area contributed by atoms with Gasteiger partial charge in [0, 0.05) is 55.0 Å². The van der Waals surface area contributed by atoms with Crippen LogP contribution in [0.1, 0.15) is 40.3 Å². The Balaban J connectivity index is 1.62. The molecule has 9 nitrogen and oxygen atoms in total. The molecule has 0 aliphatic carbocycles. The number of fused-ring (bicyclic) bond motifs is 1. The first kappa shape index (κ1) is 24.7. The van der Waals surface area contributed by atoms with Crippen molar-refractivity contribution in [2.75, 3.05) is 18.0 Å². The molecule has 0 spiro atoms. The molecule has 37 heavy (non-hydrogen) atoms. The second-order valence-electron chi connectivity index (χ2n) is 10.6. The van der Waals surface area contributed by atoms with E-state index in [1.165, 1.54) is 0 Å². The number of aryl methyl sites for hydroxylation is 1. The first-order valence-electron chi connectivity index (χ1n) is 12.6. The number of piperazine rings is 1. The van der Waals surface area contributed by atoms with E-state index in [1.54, 1.807) is 18.7 Å². The van der Waals surface area contributed by atoms with Crippen molar-refractivity contribution in [2.24, 2.45) is 0 Å².